The van der Waals surface area contributed by atoms with Gasteiger partial charge in [0.05, 0.1) is 6.54 Å². The van der Waals surface area contributed by atoms with Gasteiger partial charge in [-0.05, 0) is 74.2 Å². The van der Waals surface area contributed by atoms with Crippen molar-refractivity contribution >= 4 is 5.91 Å². The minimum atomic E-state index is 0.241. The molecule has 6 rings (SSSR count). The zero-order valence-electron chi connectivity index (χ0n) is 18.0. The van der Waals surface area contributed by atoms with Gasteiger partial charge < -0.3 is 5.32 Å². The van der Waals surface area contributed by atoms with E-state index in [0.29, 0.717) is 18.0 Å². The lowest BCUT2D eigenvalue weighted by Gasteiger charge is -2.59. The van der Waals surface area contributed by atoms with Gasteiger partial charge in [0.15, 0.2) is 0 Å². The Hall–Kier alpha value is -1.39. The van der Waals surface area contributed by atoms with Gasteiger partial charge in [0.2, 0.25) is 5.91 Å². The van der Waals surface area contributed by atoms with Crippen LogP contribution in [0.1, 0.15) is 51.0 Å². The normalized spacial score (nSPS) is 35.6. The third kappa shape index (κ3) is 4.25. The summed E-state index contributed by atoms with van der Waals surface area (Å²) in [5, 5.41) is 3.44. The van der Waals surface area contributed by atoms with Crippen molar-refractivity contribution in [3.8, 4) is 0 Å². The van der Waals surface area contributed by atoms with Crippen LogP contribution in [0.15, 0.2) is 30.3 Å². The minimum absolute atomic E-state index is 0.241. The van der Waals surface area contributed by atoms with Crippen molar-refractivity contribution in [3.63, 3.8) is 0 Å². The quantitative estimate of drug-likeness (QED) is 0.800. The SMILES string of the molecule is C[C@H](NC(=O)CN1CCN(Cc2ccccc2)CC1)C12CC3CC(CC(C3)C1)C2. The molecule has 4 aliphatic carbocycles. The summed E-state index contributed by atoms with van der Waals surface area (Å²) >= 11 is 0. The van der Waals surface area contributed by atoms with Crippen molar-refractivity contribution in [2.45, 2.75) is 58.0 Å². The fourth-order valence-corrected chi connectivity index (χ4v) is 7.30. The number of rotatable bonds is 6. The fourth-order valence-electron chi connectivity index (χ4n) is 7.30. The third-order valence-corrected chi connectivity index (χ3v) is 8.46. The number of amides is 1. The standard InChI is InChI=1S/C25H37N3O/c1-19(25-14-21-11-22(15-25)13-23(12-21)16-25)26-24(29)18-28-9-7-27(8-10-28)17-20-5-3-2-4-6-20/h2-6,19,21-23H,7-18H2,1H3,(H,26,29)/t19-,21?,22?,23?,25?/m0/s1. The molecule has 29 heavy (non-hydrogen) atoms. The highest BCUT2D eigenvalue weighted by molar-refractivity contribution is 5.78. The first-order valence-corrected chi connectivity index (χ1v) is 11.9. The molecule has 1 aromatic carbocycles. The maximum atomic E-state index is 12.8. The first kappa shape index (κ1) is 19.6. The Kier molecular flexibility index (Phi) is 5.42. The Morgan fingerprint density at radius 2 is 1.52 bits per heavy atom. The highest BCUT2D eigenvalue weighted by Crippen LogP contribution is 2.61. The molecular weight excluding hydrogens is 358 g/mol. The molecule has 0 unspecified atom stereocenters. The summed E-state index contributed by atoms with van der Waals surface area (Å²) in [5.41, 5.74) is 1.78. The topological polar surface area (TPSA) is 35.6 Å². The van der Waals surface area contributed by atoms with E-state index < -0.39 is 0 Å². The van der Waals surface area contributed by atoms with Crippen LogP contribution in [-0.4, -0.2) is 54.5 Å². The van der Waals surface area contributed by atoms with Crippen LogP contribution in [0.25, 0.3) is 0 Å². The van der Waals surface area contributed by atoms with E-state index in [2.05, 4.69) is 52.4 Å². The molecule has 1 aromatic rings. The van der Waals surface area contributed by atoms with Crippen LogP contribution in [0.4, 0.5) is 0 Å². The van der Waals surface area contributed by atoms with Crippen molar-refractivity contribution < 1.29 is 4.79 Å². The Bertz CT molecular complexity index is 675. The van der Waals surface area contributed by atoms with Gasteiger partial charge in [0.1, 0.15) is 0 Å². The minimum Gasteiger partial charge on any atom is -0.352 e. The number of nitrogens with one attached hydrogen (secondary N) is 1. The van der Waals surface area contributed by atoms with Gasteiger partial charge in [-0.2, -0.15) is 0 Å². The van der Waals surface area contributed by atoms with Crippen LogP contribution in [0.5, 0.6) is 0 Å². The Morgan fingerprint density at radius 1 is 0.966 bits per heavy atom. The molecular formula is C25H37N3O. The van der Waals surface area contributed by atoms with Gasteiger partial charge in [-0.15, -0.1) is 0 Å². The van der Waals surface area contributed by atoms with Crippen molar-refractivity contribution in [2.24, 2.45) is 23.2 Å². The van der Waals surface area contributed by atoms with Gasteiger partial charge in [0, 0.05) is 38.8 Å². The average molecular weight is 396 g/mol. The molecule has 0 spiro atoms. The second-order valence-electron chi connectivity index (χ2n) is 10.6. The summed E-state index contributed by atoms with van der Waals surface area (Å²) in [5.74, 6) is 3.07. The van der Waals surface area contributed by atoms with Gasteiger partial charge >= 0.3 is 0 Å². The number of benzene rings is 1. The highest BCUT2D eigenvalue weighted by Gasteiger charge is 2.53. The molecule has 1 heterocycles. The van der Waals surface area contributed by atoms with E-state index in [9.17, 15) is 4.79 Å². The van der Waals surface area contributed by atoms with Crippen LogP contribution in [0, 0.1) is 23.2 Å². The molecule has 4 saturated carbocycles. The summed E-state index contributed by atoms with van der Waals surface area (Å²) in [6, 6.07) is 11.0. The Morgan fingerprint density at radius 3 is 2.10 bits per heavy atom. The average Bonchev–Trinajstić information content (AvgIpc) is 2.69. The van der Waals surface area contributed by atoms with Gasteiger partial charge in [0.25, 0.3) is 0 Å². The molecule has 1 N–H and O–H groups in total. The second-order valence-corrected chi connectivity index (χ2v) is 10.6. The van der Waals surface area contributed by atoms with Crippen LogP contribution < -0.4 is 5.32 Å². The summed E-state index contributed by atoms with van der Waals surface area (Å²) in [6.45, 7) is 7.96. The molecule has 5 aliphatic rings. The molecule has 4 nitrogen and oxygen atoms in total. The molecule has 1 aliphatic heterocycles. The molecule has 0 radical (unpaired) electrons. The van der Waals surface area contributed by atoms with E-state index >= 15 is 0 Å². The lowest BCUT2D eigenvalue weighted by molar-refractivity contribution is -0.127. The van der Waals surface area contributed by atoms with E-state index in [1.165, 1.54) is 44.1 Å². The number of nitrogens with zero attached hydrogens (tertiary/aromatic N) is 2. The zero-order chi connectivity index (χ0) is 19.8. The van der Waals surface area contributed by atoms with E-state index in [-0.39, 0.29) is 5.91 Å². The van der Waals surface area contributed by atoms with Gasteiger partial charge in [-0.3, -0.25) is 14.6 Å². The maximum absolute atomic E-state index is 12.8. The zero-order valence-corrected chi connectivity index (χ0v) is 18.0. The van der Waals surface area contributed by atoms with Crippen LogP contribution in [0.2, 0.25) is 0 Å². The van der Waals surface area contributed by atoms with Crippen molar-refractivity contribution in [2.75, 3.05) is 32.7 Å². The summed E-state index contributed by atoms with van der Waals surface area (Å²) in [6.07, 6.45) is 8.48. The summed E-state index contributed by atoms with van der Waals surface area (Å²) < 4.78 is 0. The first-order chi connectivity index (χ1) is 14.1. The predicted molar refractivity (Wildman–Crippen MR) is 116 cm³/mol. The van der Waals surface area contributed by atoms with E-state index in [1.54, 1.807) is 0 Å². The van der Waals surface area contributed by atoms with Crippen molar-refractivity contribution in [1.29, 1.82) is 0 Å². The Labute approximate surface area is 176 Å². The van der Waals surface area contributed by atoms with E-state index in [4.69, 9.17) is 0 Å². The molecule has 158 valence electrons. The molecule has 5 fully saturated rings. The van der Waals surface area contributed by atoms with E-state index in [1.807, 2.05) is 0 Å². The number of piperazine rings is 1. The molecule has 4 heteroatoms. The number of carbonyl (C=O) groups excluding carboxylic acids is 1. The van der Waals surface area contributed by atoms with Gasteiger partial charge in [-0.25, -0.2) is 0 Å². The summed E-state index contributed by atoms with van der Waals surface area (Å²) in [4.78, 5) is 17.7. The van der Waals surface area contributed by atoms with Crippen molar-refractivity contribution in [1.82, 2.24) is 15.1 Å². The van der Waals surface area contributed by atoms with Gasteiger partial charge in [-0.1, -0.05) is 30.3 Å². The molecule has 1 amide bonds. The molecule has 1 atom stereocenters. The number of hydrogen-bond acceptors (Lipinski definition) is 3. The van der Waals surface area contributed by atoms with E-state index in [0.717, 1.165) is 50.5 Å². The lowest BCUT2D eigenvalue weighted by Crippen LogP contribution is -2.57. The molecule has 4 bridgehead atoms. The Balaban J connectivity index is 1.09. The lowest BCUT2D eigenvalue weighted by atomic mass is 9.48. The van der Waals surface area contributed by atoms with Crippen LogP contribution in [0.3, 0.4) is 0 Å². The maximum Gasteiger partial charge on any atom is 0.234 e. The monoisotopic (exact) mass is 395 g/mol. The fraction of sp³-hybridized carbons (Fsp3) is 0.720. The largest absolute Gasteiger partial charge is 0.352 e. The highest BCUT2D eigenvalue weighted by atomic mass is 16.2. The second kappa shape index (κ2) is 8.03. The molecule has 0 aromatic heterocycles. The smallest absolute Gasteiger partial charge is 0.234 e. The predicted octanol–water partition coefficient (Wildman–Crippen LogP) is 3.53. The van der Waals surface area contributed by atoms with Crippen LogP contribution in [-0.2, 0) is 11.3 Å². The number of hydrogen-bond donors (Lipinski definition) is 1. The van der Waals surface area contributed by atoms with Crippen LogP contribution >= 0.6 is 0 Å². The molecule has 1 saturated heterocycles. The third-order valence-electron chi connectivity index (χ3n) is 8.46. The van der Waals surface area contributed by atoms with Crippen molar-refractivity contribution in [3.05, 3.63) is 35.9 Å². The first-order valence-electron chi connectivity index (χ1n) is 11.9. The summed E-state index contributed by atoms with van der Waals surface area (Å²) in [7, 11) is 0. The number of carbonyl (C=O) groups is 1.